The van der Waals surface area contributed by atoms with Crippen LogP contribution in [-0.2, 0) is 4.74 Å². The topological polar surface area (TPSA) is 53.3 Å². The van der Waals surface area contributed by atoms with Crippen LogP contribution in [0.25, 0.3) is 10.2 Å². The molecule has 1 saturated heterocycles. The number of hydrogen-bond donors (Lipinski definition) is 0. The first-order chi connectivity index (χ1) is 11.4. The molecule has 120 valence electrons. The number of para-hydroxylation sites is 1. The summed E-state index contributed by atoms with van der Waals surface area (Å²) in [6.45, 7) is 3.48. The van der Waals surface area contributed by atoms with Gasteiger partial charge in [-0.2, -0.15) is 10.1 Å². The van der Waals surface area contributed by atoms with Gasteiger partial charge in [0.15, 0.2) is 0 Å². The quantitative estimate of drug-likeness (QED) is 0.850. The Bertz CT molecular complexity index is 723. The van der Waals surface area contributed by atoms with Crippen molar-refractivity contribution in [1.82, 2.24) is 9.88 Å². The van der Waals surface area contributed by atoms with E-state index in [2.05, 4.69) is 38.4 Å². The molecule has 5 rings (SSSR count). The molecule has 0 spiro atoms. The van der Waals surface area contributed by atoms with Gasteiger partial charge in [-0.05, 0) is 31.4 Å². The van der Waals surface area contributed by atoms with Crippen molar-refractivity contribution in [3.63, 3.8) is 0 Å². The Morgan fingerprint density at radius 1 is 1.22 bits per heavy atom. The summed E-state index contributed by atoms with van der Waals surface area (Å²) in [7, 11) is 0. The Labute approximate surface area is 138 Å². The Hall–Kier alpha value is -1.57. The fourth-order valence-electron chi connectivity index (χ4n) is 4.15. The third-order valence-electron chi connectivity index (χ3n) is 5.23. The molecular weight excluding hydrogens is 310 g/mol. The maximum atomic E-state index is 5.56. The molecule has 0 N–H and O–H groups in total. The number of aromatic nitrogens is 1. The van der Waals surface area contributed by atoms with Crippen LogP contribution >= 0.6 is 11.3 Å². The monoisotopic (exact) mass is 329 g/mol. The fourth-order valence-corrected chi connectivity index (χ4v) is 5.14. The number of benzene rings is 1. The average Bonchev–Trinajstić information content (AvgIpc) is 3.28. The summed E-state index contributed by atoms with van der Waals surface area (Å²) in [4.78, 5) is 7.36. The zero-order valence-electron chi connectivity index (χ0n) is 12.9. The van der Waals surface area contributed by atoms with Gasteiger partial charge in [0.05, 0.1) is 23.4 Å². The molecule has 7 heteroatoms. The normalized spacial score (nSPS) is 31.1. The molecule has 1 saturated carbocycles. The van der Waals surface area contributed by atoms with Crippen molar-refractivity contribution in [2.45, 2.75) is 31.0 Å². The van der Waals surface area contributed by atoms with Crippen molar-refractivity contribution < 1.29 is 4.74 Å². The largest absolute Gasteiger partial charge is 0.379 e. The molecule has 0 bridgehead atoms. The number of hydrogen-bond acceptors (Lipinski definition) is 7. The number of thiazole rings is 1. The van der Waals surface area contributed by atoms with Gasteiger partial charge in [0.25, 0.3) is 0 Å². The van der Waals surface area contributed by atoms with E-state index in [0.29, 0.717) is 0 Å². The molecule has 2 aromatic rings. The van der Waals surface area contributed by atoms with Crippen LogP contribution in [0.3, 0.4) is 0 Å². The highest BCUT2D eigenvalue weighted by Gasteiger charge is 2.57. The number of anilines is 1. The lowest BCUT2D eigenvalue weighted by molar-refractivity contribution is -0.0214. The van der Waals surface area contributed by atoms with Crippen LogP contribution in [0.15, 0.2) is 34.6 Å². The molecule has 0 amide bonds. The summed E-state index contributed by atoms with van der Waals surface area (Å²) in [6, 6.07) is 8.54. The zero-order chi connectivity index (χ0) is 15.3. The number of morpholine rings is 1. The van der Waals surface area contributed by atoms with Crippen LogP contribution in [0.2, 0.25) is 0 Å². The van der Waals surface area contributed by atoms with Crippen molar-refractivity contribution in [1.29, 1.82) is 0 Å². The van der Waals surface area contributed by atoms with Crippen LogP contribution in [0, 0.1) is 0 Å². The van der Waals surface area contributed by atoms with Gasteiger partial charge in [-0.1, -0.05) is 28.7 Å². The van der Waals surface area contributed by atoms with Crippen molar-refractivity contribution in [2.24, 2.45) is 10.3 Å². The molecule has 6 nitrogen and oxygen atoms in total. The summed E-state index contributed by atoms with van der Waals surface area (Å²) in [5.41, 5.74) is 0.916. The number of rotatable bonds is 2. The highest BCUT2D eigenvalue weighted by atomic mass is 32.1. The predicted octanol–water partition coefficient (Wildman–Crippen LogP) is 3.06. The molecule has 3 heterocycles. The molecular formula is C16H19N5OS. The molecule has 0 unspecified atom stereocenters. The lowest BCUT2D eigenvalue weighted by Gasteiger charge is -2.45. The standard InChI is InChI=1S/C16H19N5OS/c1-2-5-13-12(4-1)17-15(23-13)21-16(20-8-10-22-11-9-20)7-3-6-14(16)18-19-21/h1-2,4-5,14H,3,6-11H2/t14-,16-/m1/s1. The maximum absolute atomic E-state index is 5.56. The van der Waals surface area contributed by atoms with Gasteiger partial charge < -0.3 is 4.74 Å². The van der Waals surface area contributed by atoms with Gasteiger partial charge in [0, 0.05) is 13.1 Å². The van der Waals surface area contributed by atoms with Crippen molar-refractivity contribution in [3.05, 3.63) is 24.3 Å². The second-order valence-electron chi connectivity index (χ2n) is 6.37. The molecule has 23 heavy (non-hydrogen) atoms. The summed E-state index contributed by atoms with van der Waals surface area (Å²) in [5, 5.41) is 12.2. The van der Waals surface area contributed by atoms with Crippen molar-refractivity contribution in [3.8, 4) is 0 Å². The van der Waals surface area contributed by atoms with E-state index < -0.39 is 0 Å². The van der Waals surface area contributed by atoms with E-state index in [9.17, 15) is 0 Å². The predicted molar refractivity (Wildman–Crippen MR) is 89.7 cm³/mol. The maximum Gasteiger partial charge on any atom is 0.210 e. The fraction of sp³-hybridized carbons (Fsp3) is 0.562. The average molecular weight is 329 g/mol. The van der Waals surface area contributed by atoms with Crippen molar-refractivity contribution >= 4 is 26.7 Å². The zero-order valence-corrected chi connectivity index (χ0v) is 13.7. The van der Waals surface area contributed by atoms with Crippen LogP contribution in [0.1, 0.15) is 19.3 Å². The first kappa shape index (κ1) is 13.8. The van der Waals surface area contributed by atoms with Crippen LogP contribution in [0.5, 0.6) is 0 Å². The van der Waals surface area contributed by atoms with Crippen LogP contribution in [0.4, 0.5) is 5.13 Å². The smallest absolute Gasteiger partial charge is 0.210 e. The van der Waals surface area contributed by atoms with Gasteiger partial charge in [-0.25, -0.2) is 4.98 Å². The third kappa shape index (κ3) is 1.96. The lowest BCUT2D eigenvalue weighted by Crippen LogP contribution is -2.63. The summed E-state index contributed by atoms with van der Waals surface area (Å²) in [5.74, 6) is 0. The molecule has 0 radical (unpaired) electrons. The number of fused-ring (bicyclic) bond motifs is 2. The van der Waals surface area contributed by atoms with Crippen LogP contribution < -0.4 is 5.01 Å². The lowest BCUT2D eigenvalue weighted by atomic mass is 10.0. The highest BCUT2D eigenvalue weighted by molar-refractivity contribution is 7.22. The minimum absolute atomic E-state index is 0.127. The molecule has 3 aliphatic rings. The summed E-state index contributed by atoms with van der Waals surface area (Å²) >= 11 is 1.71. The van der Waals surface area contributed by atoms with Gasteiger partial charge in [0.2, 0.25) is 5.13 Å². The van der Waals surface area contributed by atoms with Gasteiger partial charge in [-0.3, -0.25) is 4.90 Å². The van der Waals surface area contributed by atoms with Crippen molar-refractivity contribution in [2.75, 3.05) is 31.3 Å². The van der Waals surface area contributed by atoms with E-state index in [4.69, 9.17) is 9.72 Å². The molecule has 1 aliphatic carbocycles. The minimum atomic E-state index is -0.127. The Balaban J connectivity index is 1.58. The first-order valence-corrected chi connectivity index (χ1v) is 9.09. The van der Waals surface area contributed by atoms with Crippen LogP contribution in [-0.4, -0.2) is 47.9 Å². The Morgan fingerprint density at radius 3 is 2.96 bits per heavy atom. The van der Waals surface area contributed by atoms with Gasteiger partial charge in [-0.15, -0.1) is 0 Å². The minimum Gasteiger partial charge on any atom is -0.379 e. The van der Waals surface area contributed by atoms with E-state index in [0.717, 1.165) is 49.8 Å². The molecule has 2 atom stereocenters. The summed E-state index contributed by atoms with van der Waals surface area (Å²) in [6.07, 6.45) is 3.41. The van der Waals surface area contributed by atoms with Gasteiger partial charge in [0.1, 0.15) is 11.7 Å². The number of nitrogens with zero attached hydrogens (tertiary/aromatic N) is 5. The van der Waals surface area contributed by atoms with E-state index >= 15 is 0 Å². The number of ether oxygens (including phenoxy) is 1. The van der Waals surface area contributed by atoms with Gasteiger partial charge >= 0.3 is 0 Å². The third-order valence-corrected chi connectivity index (χ3v) is 6.24. The second-order valence-corrected chi connectivity index (χ2v) is 7.38. The molecule has 2 aliphatic heterocycles. The van der Waals surface area contributed by atoms with E-state index in [1.807, 2.05) is 6.07 Å². The molecule has 1 aromatic heterocycles. The molecule has 1 aromatic carbocycles. The van der Waals surface area contributed by atoms with E-state index in [1.54, 1.807) is 11.3 Å². The first-order valence-electron chi connectivity index (χ1n) is 8.27. The SMILES string of the molecule is c1ccc2sc(N3N=N[C@@H]4CCC[C@]43N3CCOCC3)nc2c1. The Morgan fingerprint density at radius 2 is 2.09 bits per heavy atom. The van der Waals surface area contributed by atoms with E-state index in [1.165, 1.54) is 11.1 Å². The Kier molecular flexibility index (Phi) is 3.14. The second kappa shape index (κ2) is 5.22. The highest BCUT2D eigenvalue weighted by Crippen LogP contribution is 2.48. The molecule has 2 fully saturated rings. The van der Waals surface area contributed by atoms with E-state index in [-0.39, 0.29) is 11.7 Å². The summed E-state index contributed by atoms with van der Waals surface area (Å²) < 4.78 is 6.76.